The Bertz CT molecular complexity index is 788. The van der Waals surface area contributed by atoms with Crippen LogP contribution in [0.25, 0.3) is 22.6 Å². The third-order valence-electron chi connectivity index (χ3n) is 2.83. The molecule has 0 saturated heterocycles. The number of anilines is 1. The van der Waals surface area contributed by atoms with E-state index in [9.17, 15) is 4.39 Å². The molecule has 0 amide bonds. The molecule has 1 N–H and O–H groups in total. The fraction of sp³-hybridized carbons (Fsp3) is 0.214. The van der Waals surface area contributed by atoms with Crippen molar-refractivity contribution < 1.29 is 13.5 Å². The number of methoxy groups -OCH3 is 1. The number of benzene rings is 1. The van der Waals surface area contributed by atoms with Crippen molar-refractivity contribution in [1.29, 1.82) is 0 Å². The van der Waals surface area contributed by atoms with Gasteiger partial charge in [0.1, 0.15) is 11.4 Å². The molecule has 2 heterocycles. The Labute approximate surface area is 120 Å². The second kappa shape index (κ2) is 5.35. The molecule has 3 aromatic rings. The summed E-state index contributed by atoms with van der Waals surface area (Å²) in [4.78, 5) is 12.5. The highest BCUT2D eigenvalue weighted by molar-refractivity contribution is 5.81. The summed E-state index contributed by atoms with van der Waals surface area (Å²) in [5.74, 6) is 0.826. The number of hydrogen-bond acceptors (Lipinski definition) is 6. The van der Waals surface area contributed by atoms with Gasteiger partial charge in [-0.2, -0.15) is 15.0 Å². The van der Waals surface area contributed by atoms with Gasteiger partial charge in [-0.05, 0) is 31.2 Å². The molecule has 3 rings (SSSR count). The zero-order chi connectivity index (χ0) is 14.8. The molecule has 0 unspecified atom stereocenters. The van der Waals surface area contributed by atoms with Gasteiger partial charge >= 0.3 is 6.01 Å². The molecule has 0 spiro atoms. The Kier molecular flexibility index (Phi) is 3.39. The zero-order valence-corrected chi connectivity index (χ0v) is 11.6. The molecular formula is C14H13FN4O2. The Hall–Kier alpha value is -2.70. The number of fused-ring (bicyclic) bond motifs is 1. The number of halogens is 1. The Morgan fingerprint density at radius 3 is 2.86 bits per heavy atom. The molecule has 0 radical (unpaired) electrons. The number of nitrogens with one attached hydrogen (secondary N) is 1. The molecule has 108 valence electrons. The van der Waals surface area contributed by atoms with Gasteiger partial charge in [0.2, 0.25) is 11.8 Å². The van der Waals surface area contributed by atoms with Crippen LogP contribution in [-0.2, 0) is 0 Å². The molecule has 1 aromatic carbocycles. The summed E-state index contributed by atoms with van der Waals surface area (Å²) in [6.07, 6.45) is 0. The Morgan fingerprint density at radius 2 is 2.10 bits per heavy atom. The van der Waals surface area contributed by atoms with Crippen LogP contribution in [0.5, 0.6) is 6.01 Å². The topological polar surface area (TPSA) is 73.1 Å². The van der Waals surface area contributed by atoms with Crippen LogP contribution < -0.4 is 10.1 Å². The normalized spacial score (nSPS) is 10.8. The standard InChI is InChI=1S/C14H13FN4O2/c1-3-16-13-17-12(18-14(19-13)20-2)11-7-8-6-9(15)4-5-10(8)21-11/h4-7H,3H2,1-2H3,(H,16,17,18,19). The van der Waals surface area contributed by atoms with E-state index in [2.05, 4.69) is 20.3 Å². The van der Waals surface area contributed by atoms with E-state index in [0.29, 0.717) is 35.0 Å². The van der Waals surface area contributed by atoms with E-state index in [1.54, 1.807) is 12.1 Å². The summed E-state index contributed by atoms with van der Waals surface area (Å²) in [6.45, 7) is 2.60. The highest BCUT2D eigenvalue weighted by atomic mass is 19.1. The lowest BCUT2D eigenvalue weighted by Crippen LogP contribution is -2.06. The van der Waals surface area contributed by atoms with E-state index in [0.717, 1.165) is 0 Å². The summed E-state index contributed by atoms with van der Waals surface area (Å²) in [7, 11) is 1.48. The van der Waals surface area contributed by atoms with Crippen molar-refractivity contribution in [3.63, 3.8) is 0 Å². The Morgan fingerprint density at radius 1 is 1.24 bits per heavy atom. The maximum Gasteiger partial charge on any atom is 0.321 e. The lowest BCUT2D eigenvalue weighted by molar-refractivity contribution is 0.379. The number of ether oxygens (including phenoxy) is 1. The van der Waals surface area contributed by atoms with Crippen molar-refractivity contribution in [3.8, 4) is 17.6 Å². The van der Waals surface area contributed by atoms with Crippen LogP contribution in [0, 0.1) is 5.82 Å². The van der Waals surface area contributed by atoms with Crippen LogP contribution in [0.1, 0.15) is 6.92 Å². The number of aromatic nitrogens is 3. The minimum Gasteiger partial charge on any atom is -0.467 e. The molecular weight excluding hydrogens is 275 g/mol. The summed E-state index contributed by atoms with van der Waals surface area (Å²) in [5, 5.41) is 3.64. The molecule has 21 heavy (non-hydrogen) atoms. The number of furan rings is 1. The molecule has 0 saturated carbocycles. The summed E-state index contributed by atoms with van der Waals surface area (Å²) in [5.41, 5.74) is 0.566. The van der Waals surface area contributed by atoms with E-state index in [1.165, 1.54) is 19.2 Å². The van der Waals surface area contributed by atoms with Crippen LogP contribution in [0.4, 0.5) is 10.3 Å². The maximum atomic E-state index is 13.2. The molecule has 0 fully saturated rings. The average molecular weight is 288 g/mol. The smallest absolute Gasteiger partial charge is 0.321 e. The van der Waals surface area contributed by atoms with Crippen molar-refractivity contribution in [1.82, 2.24) is 15.0 Å². The fourth-order valence-electron chi connectivity index (χ4n) is 1.92. The second-order valence-corrected chi connectivity index (χ2v) is 4.29. The van der Waals surface area contributed by atoms with E-state index < -0.39 is 0 Å². The molecule has 6 nitrogen and oxygen atoms in total. The van der Waals surface area contributed by atoms with Gasteiger partial charge in [-0.3, -0.25) is 0 Å². The van der Waals surface area contributed by atoms with Gasteiger partial charge in [0, 0.05) is 11.9 Å². The van der Waals surface area contributed by atoms with E-state index in [1.807, 2.05) is 6.92 Å². The summed E-state index contributed by atoms with van der Waals surface area (Å²) in [6, 6.07) is 6.17. The number of nitrogens with zero attached hydrogens (tertiary/aromatic N) is 3. The monoisotopic (exact) mass is 288 g/mol. The highest BCUT2D eigenvalue weighted by Crippen LogP contribution is 2.27. The van der Waals surface area contributed by atoms with Crippen LogP contribution in [0.15, 0.2) is 28.7 Å². The minimum absolute atomic E-state index is 0.183. The van der Waals surface area contributed by atoms with Crippen LogP contribution in [-0.4, -0.2) is 28.6 Å². The summed E-state index contributed by atoms with van der Waals surface area (Å²) < 4.78 is 23.9. The molecule has 0 bridgehead atoms. The highest BCUT2D eigenvalue weighted by Gasteiger charge is 2.13. The second-order valence-electron chi connectivity index (χ2n) is 4.29. The van der Waals surface area contributed by atoms with Gasteiger partial charge in [0.25, 0.3) is 0 Å². The molecule has 0 aliphatic rings. The van der Waals surface area contributed by atoms with Crippen molar-refractivity contribution in [2.24, 2.45) is 0 Å². The van der Waals surface area contributed by atoms with Crippen molar-refractivity contribution >= 4 is 16.9 Å². The van der Waals surface area contributed by atoms with Gasteiger partial charge < -0.3 is 14.5 Å². The first-order valence-electron chi connectivity index (χ1n) is 6.43. The first-order valence-corrected chi connectivity index (χ1v) is 6.43. The quantitative estimate of drug-likeness (QED) is 0.795. The average Bonchev–Trinajstić information content (AvgIpc) is 2.90. The van der Waals surface area contributed by atoms with Crippen molar-refractivity contribution in [3.05, 3.63) is 30.1 Å². The molecule has 0 atom stereocenters. The molecule has 2 aromatic heterocycles. The maximum absolute atomic E-state index is 13.2. The molecule has 7 heteroatoms. The van der Waals surface area contributed by atoms with E-state index >= 15 is 0 Å². The van der Waals surface area contributed by atoms with E-state index in [-0.39, 0.29) is 11.8 Å². The fourth-order valence-corrected chi connectivity index (χ4v) is 1.92. The predicted octanol–water partition coefficient (Wildman–Crippen LogP) is 2.86. The molecule has 0 aliphatic carbocycles. The van der Waals surface area contributed by atoms with Crippen molar-refractivity contribution in [2.75, 3.05) is 19.0 Å². The van der Waals surface area contributed by atoms with Gasteiger partial charge in [-0.1, -0.05) is 0 Å². The molecule has 0 aliphatic heterocycles. The minimum atomic E-state index is -0.323. The Balaban J connectivity index is 2.10. The van der Waals surface area contributed by atoms with Gasteiger partial charge in [-0.25, -0.2) is 4.39 Å². The van der Waals surface area contributed by atoms with Crippen LogP contribution in [0.2, 0.25) is 0 Å². The summed E-state index contributed by atoms with van der Waals surface area (Å²) >= 11 is 0. The third-order valence-corrected chi connectivity index (χ3v) is 2.83. The predicted molar refractivity (Wildman–Crippen MR) is 75.7 cm³/mol. The van der Waals surface area contributed by atoms with Gasteiger partial charge in [-0.15, -0.1) is 0 Å². The van der Waals surface area contributed by atoms with E-state index in [4.69, 9.17) is 9.15 Å². The first-order chi connectivity index (χ1) is 10.2. The third kappa shape index (κ3) is 2.62. The number of hydrogen-bond donors (Lipinski definition) is 1. The van der Waals surface area contributed by atoms with Gasteiger partial charge in [0.05, 0.1) is 7.11 Å². The SMILES string of the molecule is CCNc1nc(OC)nc(-c2cc3cc(F)ccc3o2)n1. The lowest BCUT2D eigenvalue weighted by atomic mass is 10.2. The first kappa shape index (κ1) is 13.3. The van der Waals surface area contributed by atoms with Crippen LogP contribution >= 0.6 is 0 Å². The lowest BCUT2D eigenvalue weighted by Gasteiger charge is -2.04. The number of rotatable bonds is 4. The van der Waals surface area contributed by atoms with Gasteiger partial charge in [0.15, 0.2) is 5.76 Å². The van der Waals surface area contributed by atoms with Crippen LogP contribution in [0.3, 0.4) is 0 Å². The van der Waals surface area contributed by atoms with Crippen molar-refractivity contribution in [2.45, 2.75) is 6.92 Å². The largest absolute Gasteiger partial charge is 0.467 e. The zero-order valence-electron chi connectivity index (χ0n) is 11.6.